The molecule has 0 aliphatic carbocycles. The van der Waals surface area contributed by atoms with Crippen LogP contribution in [-0.4, -0.2) is 15.9 Å². The summed E-state index contributed by atoms with van der Waals surface area (Å²) < 4.78 is 0. The molecule has 3 aromatic rings. The van der Waals surface area contributed by atoms with Crippen LogP contribution in [0.2, 0.25) is 0 Å². The van der Waals surface area contributed by atoms with Gasteiger partial charge in [0.15, 0.2) is 0 Å². The minimum absolute atomic E-state index is 0.0108. The molecule has 2 aromatic carbocycles. The van der Waals surface area contributed by atoms with Gasteiger partial charge in [-0.1, -0.05) is 30.3 Å². The Bertz CT molecular complexity index is 970. The first-order valence-electron chi connectivity index (χ1n) is 8.91. The Morgan fingerprint density at radius 1 is 1.26 bits per heavy atom. The van der Waals surface area contributed by atoms with Gasteiger partial charge in [-0.05, 0) is 48.2 Å². The van der Waals surface area contributed by atoms with Crippen LogP contribution in [0.25, 0.3) is 0 Å². The van der Waals surface area contributed by atoms with Crippen molar-refractivity contribution in [3.05, 3.63) is 82.9 Å². The van der Waals surface area contributed by atoms with Gasteiger partial charge in [-0.15, -0.1) is 0 Å². The second-order valence-corrected chi connectivity index (χ2v) is 6.56. The van der Waals surface area contributed by atoms with E-state index in [0.29, 0.717) is 0 Å². The number of carbonyl (C=O) groups excluding carboxylic acids is 1. The van der Waals surface area contributed by atoms with Gasteiger partial charge in [-0.3, -0.25) is 4.79 Å². The summed E-state index contributed by atoms with van der Waals surface area (Å²) in [5, 5.41) is 11.5. The van der Waals surface area contributed by atoms with Crippen molar-refractivity contribution in [1.29, 1.82) is 5.26 Å². The van der Waals surface area contributed by atoms with Crippen LogP contribution in [0, 0.1) is 25.2 Å². The van der Waals surface area contributed by atoms with Gasteiger partial charge in [0.1, 0.15) is 0 Å². The molecule has 1 heterocycles. The fourth-order valence-electron chi connectivity index (χ4n) is 3.23. The second kappa shape index (κ2) is 8.33. The van der Waals surface area contributed by atoms with Gasteiger partial charge in [0.25, 0.3) is 0 Å². The minimum atomic E-state index is -0.154. The lowest BCUT2D eigenvalue weighted by molar-refractivity contribution is -0.116. The molecular weight excluding hydrogens is 336 g/mol. The molecule has 0 saturated heterocycles. The maximum atomic E-state index is 12.0. The second-order valence-electron chi connectivity index (χ2n) is 6.56. The highest BCUT2D eigenvalue weighted by Crippen LogP contribution is 2.34. The lowest BCUT2D eigenvalue weighted by atomic mass is 9.85. The van der Waals surface area contributed by atoms with Gasteiger partial charge in [-0.2, -0.15) is 5.26 Å². The summed E-state index contributed by atoms with van der Waals surface area (Å²) in [6.45, 7) is 4.23. The van der Waals surface area contributed by atoms with Crippen molar-refractivity contribution in [3.63, 3.8) is 0 Å². The van der Waals surface area contributed by atoms with Crippen LogP contribution in [0.1, 0.15) is 46.7 Å². The summed E-state index contributed by atoms with van der Waals surface area (Å²) in [4.78, 5) is 19.4. The van der Waals surface area contributed by atoms with Gasteiger partial charge in [0.05, 0.1) is 18.3 Å². The molecule has 1 aromatic heterocycles. The zero-order valence-corrected chi connectivity index (χ0v) is 15.5. The summed E-state index contributed by atoms with van der Waals surface area (Å²) in [6.07, 6.45) is 3.93. The summed E-state index contributed by atoms with van der Waals surface area (Å²) in [5.41, 5.74) is 6.46. The van der Waals surface area contributed by atoms with Crippen LogP contribution in [-0.2, 0) is 4.79 Å². The topological polar surface area (TPSA) is 81.6 Å². The Kier molecular flexibility index (Phi) is 5.68. The molecule has 0 radical (unpaired) electrons. The Morgan fingerprint density at radius 3 is 2.81 bits per heavy atom. The molecule has 1 atom stereocenters. The zero-order valence-electron chi connectivity index (χ0n) is 15.5. The Hall–Kier alpha value is -3.39. The molecule has 1 amide bonds. The fourth-order valence-corrected chi connectivity index (χ4v) is 3.23. The molecule has 0 aliphatic rings. The van der Waals surface area contributed by atoms with Crippen LogP contribution >= 0.6 is 0 Å². The SMILES string of the molecule is Cc1cccc(C(c2cccc(NC(=O)CCC#N)c2)c2cnc[nH]2)c1C. The third kappa shape index (κ3) is 4.24. The molecule has 1 unspecified atom stereocenters. The zero-order chi connectivity index (χ0) is 19.2. The van der Waals surface area contributed by atoms with E-state index in [1.54, 1.807) is 6.33 Å². The highest BCUT2D eigenvalue weighted by molar-refractivity contribution is 5.90. The molecule has 0 bridgehead atoms. The number of aryl methyl sites for hydroxylation is 1. The van der Waals surface area contributed by atoms with E-state index in [4.69, 9.17) is 5.26 Å². The van der Waals surface area contributed by atoms with Gasteiger partial charge < -0.3 is 10.3 Å². The van der Waals surface area contributed by atoms with E-state index in [9.17, 15) is 4.79 Å². The lowest BCUT2D eigenvalue weighted by Crippen LogP contribution is -2.12. The molecule has 27 heavy (non-hydrogen) atoms. The summed E-state index contributed by atoms with van der Waals surface area (Å²) in [5.74, 6) is -0.165. The monoisotopic (exact) mass is 358 g/mol. The summed E-state index contributed by atoms with van der Waals surface area (Å²) in [7, 11) is 0. The predicted octanol–water partition coefficient (Wildman–Crippen LogP) is 4.45. The first-order chi connectivity index (χ1) is 13.1. The van der Waals surface area contributed by atoms with Crippen molar-refractivity contribution < 1.29 is 4.79 Å². The molecule has 0 aliphatic heterocycles. The number of hydrogen-bond donors (Lipinski definition) is 2. The number of aromatic nitrogens is 2. The average Bonchev–Trinajstić information content (AvgIpc) is 3.18. The van der Waals surface area contributed by atoms with Crippen molar-refractivity contribution >= 4 is 11.6 Å². The number of rotatable bonds is 6. The largest absolute Gasteiger partial charge is 0.348 e. The van der Waals surface area contributed by atoms with E-state index in [1.807, 2.05) is 30.5 Å². The first kappa shape index (κ1) is 18.4. The maximum absolute atomic E-state index is 12.0. The fraction of sp³-hybridized carbons (Fsp3) is 0.227. The molecule has 3 rings (SSSR count). The molecule has 5 nitrogen and oxygen atoms in total. The molecule has 5 heteroatoms. The standard InChI is InChI=1S/C22H22N4O/c1-15-6-3-9-19(16(15)2)22(20-13-24-14-25-20)17-7-4-8-18(12-17)26-21(27)10-5-11-23/h3-4,6-9,12-14,22H,5,10H2,1-2H3,(H,24,25)(H,26,27). The van der Waals surface area contributed by atoms with Crippen LogP contribution in [0.5, 0.6) is 0 Å². The third-order valence-corrected chi connectivity index (χ3v) is 4.76. The summed E-state index contributed by atoms with van der Waals surface area (Å²) >= 11 is 0. The van der Waals surface area contributed by atoms with Crippen molar-refractivity contribution in [3.8, 4) is 6.07 Å². The van der Waals surface area contributed by atoms with Gasteiger partial charge in [0.2, 0.25) is 5.91 Å². The van der Waals surface area contributed by atoms with E-state index in [0.717, 1.165) is 16.9 Å². The Labute approximate surface area is 159 Å². The van der Waals surface area contributed by atoms with Crippen molar-refractivity contribution in [1.82, 2.24) is 9.97 Å². The number of imidazole rings is 1. The smallest absolute Gasteiger partial charge is 0.225 e. The van der Waals surface area contributed by atoms with E-state index in [2.05, 4.69) is 53.4 Å². The number of hydrogen-bond acceptors (Lipinski definition) is 3. The summed E-state index contributed by atoms with van der Waals surface area (Å²) in [6, 6.07) is 16.1. The number of nitrogens with one attached hydrogen (secondary N) is 2. The molecule has 0 saturated carbocycles. The maximum Gasteiger partial charge on any atom is 0.225 e. The van der Waals surface area contributed by atoms with E-state index in [1.165, 1.54) is 16.7 Å². The number of H-pyrrole nitrogens is 1. The number of nitrogens with zero attached hydrogens (tertiary/aromatic N) is 2. The first-order valence-corrected chi connectivity index (χ1v) is 8.91. The van der Waals surface area contributed by atoms with Crippen LogP contribution in [0.4, 0.5) is 5.69 Å². The Balaban J connectivity index is 1.99. The quantitative estimate of drug-likeness (QED) is 0.683. The third-order valence-electron chi connectivity index (χ3n) is 4.76. The molecule has 2 N–H and O–H groups in total. The number of anilines is 1. The molecule has 136 valence electrons. The van der Waals surface area contributed by atoms with Crippen LogP contribution in [0.3, 0.4) is 0 Å². The number of aromatic amines is 1. The van der Waals surface area contributed by atoms with Crippen LogP contribution < -0.4 is 5.32 Å². The van der Waals surface area contributed by atoms with Gasteiger partial charge >= 0.3 is 0 Å². The number of amides is 1. The van der Waals surface area contributed by atoms with E-state index < -0.39 is 0 Å². The van der Waals surface area contributed by atoms with Crippen molar-refractivity contribution in [2.24, 2.45) is 0 Å². The number of carbonyl (C=O) groups is 1. The van der Waals surface area contributed by atoms with Crippen molar-refractivity contribution in [2.45, 2.75) is 32.6 Å². The number of nitriles is 1. The minimum Gasteiger partial charge on any atom is -0.348 e. The molecule has 0 fully saturated rings. The Morgan fingerprint density at radius 2 is 2.07 bits per heavy atom. The molecular formula is C22H22N4O. The molecule has 0 spiro atoms. The van der Waals surface area contributed by atoms with Gasteiger partial charge in [0, 0.05) is 30.4 Å². The normalized spacial score (nSPS) is 11.6. The number of benzene rings is 2. The van der Waals surface area contributed by atoms with E-state index >= 15 is 0 Å². The van der Waals surface area contributed by atoms with E-state index in [-0.39, 0.29) is 24.7 Å². The highest BCUT2D eigenvalue weighted by Gasteiger charge is 2.21. The van der Waals surface area contributed by atoms with Gasteiger partial charge in [-0.25, -0.2) is 4.98 Å². The lowest BCUT2D eigenvalue weighted by Gasteiger charge is -2.21. The van der Waals surface area contributed by atoms with Crippen LogP contribution in [0.15, 0.2) is 55.0 Å². The average molecular weight is 358 g/mol. The predicted molar refractivity (Wildman–Crippen MR) is 105 cm³/mol. The highest BCUT2D eigenvalue weighted by atomic mass is 16.1. The van der Waals surface area contributed by atoms with Crippen molar-refractivity contribution in [2.75, 3.05) is 5.32 Å².